The van der Waals surface area contributed by atoms with E-state index in [1.54, 1.807) is 30.3 Å². The molecule has 0 aliphatic carbocycles. The molecule has 1 N–H and O–H groups in total. The third-order valence-electron chi connectivity index (χ3n) is 5.91. The lowest BCUT2D eigenvalue weighted by Gasteiger charge is -2.34. The highest BCUT2D eigenvalue weighted by Crippen LogP contribution is 2.36. The van der Waals surface area contributed by atoms with Gasteiger partial charge in [0.2, 0.25) is 0 Å². The van der Waals surface area contributed by atoms with Gasteiger partial charge in [-0.05, 0) is 32.0 Å². The molecule has 2 aromatic carbocycles. The molecule has 0 saturated heterocycles. The fraction of sp³-hybridized carbons (Fsp3) is 0.231. The highest BCUT2D eigenvalue weighted by Gasteiger charge is 2.35. The molecule has 4 aromatic rings. The lowest BCUT2D eigenvalue weighted by Crippen LogP contribution is -2.50. The summed E-state index contributed by atoms with van der Waals surface area (Å²) in [5.74, 6) is -0.0375. The summed E-state index contributed by atoms with van der Waals surface area (Å²) in [7, 11) is 1.55. The van der Waals surface area contributed by atoms with Crippen LogP contribution >= 0.6 is 0 Å². The van der Waals surface area contributed by atoms with Crippen molar-refractivity contribution in [1.29, 1.82) is 0 Å². The van der Waals surface area contributed by atoms with Gasteiger partial charge in [0, 0.05) is 18.7 Å². The van der Waals surface area contributed by atoms with Crippen LogP contribution in [0.15, 0.2) is 66.9 Å². The molecule has 0 saturated carbocycles. The minimum absolute atomic E-state index is 0.0701. The van der Waals surface area contributed by atoms with Crippen LogP contribution in [0.3, 0.4) is 0 Å². The monoisotopic (exact) mass is 455 g/mol. The van der Waals surface area contributed by atoms with Gasteiger partial charge >= 0.3 is 0 Å². The fourth-order valence-corrected chi connectivity index (χ4v) is 4.20. The third kappa shape index (κ3) is 3.67. The summed E-state index contributed by atoms with van der Waals surface area (Å²) in [4.78, 5) is 32.9. The van der Waals surface area contributed by atoms with Crippen LogP contribution in [0.1, 0.15) is 30.2 Å². The number of hydrogen-bond donors (Lipinski definition) is 1. The van der Waals surface area contributed by atoms with Gasteiger partial charge < -0.3 is 15.0 Å². The largest absolute Gasteiger partial charge is 0.477 e. The molecule has 3 heterocycles. The van der Waals surface area contributed by atoms with E-state index >= 15 is 0 Å². The third-order valence-corrected chi connectivity index (χ3v) is 5.91. The number of carbonyl (C=O) groups is 2. The number of nitrogens with one attached hydrogen (secondary N) is 1. The molecule has 1 atom stereocenters. The van der Waals surface area contributed by atoms with Gasteiger partial charge in [0.1, 0.15) is 5.75 Å². The molecular formula is C26H25N5O3. The molecule has 0 fully saturated rings. The molecular weight excluding hydrogens is 430 g/mol. The molecule has 2 amide bonds. The molecule has 0 radical (unpaired) electrons. The number of amides is 2. The normalized spacial score (nSPS) is 15.2. The molecule has 34 heavy (non-hydrogen) atoms. The van der Waals surface area contributed by atoms with E-state index in [-0.39, 0.29) is 24.4 Å². The molecule has 1 aliphatic rings. The molecule has 1 aliphatic heterocycles. The first-order valence-corrected chi connectivity index (χ1v) is 11.2. The summed E-state index contributed by atoms with van der Waals surface area (Å²) in [6.07, 6.45) is 0.876. The van der Waals surface area contributed by atoms with E-state index in [0.29, 0.717) is 33.7 Å². The van der Waals surface area contributed by atoms with Crippen LogP contribution in [0.2, 0.25) is 0 Å². The van der Waals surface area contributed by atoms with E-state index in [9.17, 15) is 9.59 Å². The Morgan fingerprint density at radius 2 is 1.82 bits per heavy atom. The SMILES string of the molecule is CNC(=O)C1CN(C(=O)c2cc(-c3ccccc3)nc3c2cnn3C(C)C)c2ccccc2O1. The molecule has 8 heteroatoms. The second-order valence-electron chi connectivity index (χ2n) is 8.45. The number of anilines is 1. The maximum absolute atomic E-state index is 14.1. The van der Waals surface area contributed by atoms with Crippen molar-refractivity contribution in [3.05, 3.63) is 72.4 Å². The van der Waals surface area contributed by atoms with E-state index in [1.807, 2.05) is 67.1 Å². The Hall–Kier alpha value is -4.20. The van der Waals surface area contributed by atoms with Gasteiger partial charge in [0.05, 0.1) is 35.1 Å². The van der Waals surface area contributed by atoms with Crippen LogP contribution in [0.5, 0.6) is 5.75 Å². The van der Waals surface area contributed by atoms with Crippen LogP contribution in [0.25, 0.3) is 22.3 Å². The van der Waals surface area contributed by atoms with Gasteiger partial charge in [-0.25, -0.2) is 9.67 Å². The molecule has 5 rings (SSSR count). The fourth-order valence-electron chi connectivity index (χ4n) is 4.20. The average molecular weight is 456 g/mol. The number of carbonyl (C=O) groups excluding carboxylic acids is 2. The van der Waals surface area contributed by atoms with E-state index < -0.39 is 6.10 Å². The van der Waals surface area contributed by atoms with Crippen LogP contribution in [-0.2, 0) is 4.79 Å². The Morgan fingerprint density at radius 1 is 1.09 bits per heavy atom. The van der Waals surface area contributed by atoms with Gasteiger partial charge in [-0.2, -0.15) is 5.10 Å². The van der Waals surface area contributed by atoms with Crippen LogP contribution in [0, 0.1) is 0 Å². The van der Waals surface area contributed by atoms with Crippen molar-refractivity contribution in [2.75, 3.05) is 18.5 Å². The molecule has 0 bridgehead atoms. The number of benzene rings is 2. The van der Waals surface area contributed by atoms with Crippen molar-refractivity contribution < 1.29 is 14.3 Å². The topological polar surface area (TPSA) is 89.4 Å². The summed E-state index contributed by atoms with van der Waals surface area (Å²) in [5, 5.41) is 7.79. The van der Waals surface area contributed by atoms with Crippen LogP contribution < -0.4 is 15.0 Å². The number of likely N-dealkylation sites (N-methyl/N-ethyl adjacent to an activating group) is 1. The van der Waals surface area contributed by atoms with E-state index in [4.69, 9.17) is 9.72 Å². The Morgan fingerprint density at radius 3 is 2.56 bits per heavy atom. The van der Waals surface area contributed by atoms with Gasteiger partial charge in [-0.1, -0.05) is 42.5 Å². The summed E-state index contributed by atoms with van der Waals surface area (Å²) in [5.41, 5.74) is 3.33. The minimum atomic E-state index is -0.812. The lowest BCUT2D eigenvalue weighted by molar-refractivity contribution is -0.127. The first kappa shape index (κ1) is 21.6. The first-order chi connectivity index (χ1) is 16.5. The maximum atomic E-state index is 14.1. The van der Waals surface area contributed by atoms with Crippen molar-refractivity contribution in [2.45, 2.75) is 26.0 Å². The number of ether oxygens (including phenoxy) is 1. The second kappa shape index (κ2) is 8.62. The second-order valence-corrected chi connectivity index (χ2v) is 8.45. The number of rotatable bonds is 4. The molecule has 1 unspecified atom stereocenters. The van der Waals surface area contributed by atoms with E-state index in [2.05, 4.69) is 10.4 Å². The van der Waals surface area contributed by atoms with Crippen molar-refractivity contribution in [3.8, 4) is 17.0 Å². The smallest absolute Gasteiger partial charge is 0.262 e. The number of hydrogen-bond acceptors (Lipinski definition) is 5. The zero-order valence-electron chi connectivity index (χ0n) is 19.2. The summed E-state index contributed by atoms with van der Waals surface area (Å²) in [6, 6.07) is 18.9. The molecule has 172 valence electrons. The number of aromatic nitrogens is 3. The molecule has 0 spiro atoms. The average Bonchev–Trinajstić information content (AvgIpc) is 3.31. The summed E-state index contributed by atoms with van der Waals surface area (Å²) < 4.78 is 7.70. The zero-order chi connectivity index (χ0) is 23.8. The van der Waals surface area contributed by atoms with Gasteiger partial charge in [-0.15, -0.1) is 0 Å². The summed E-state index contributed by atoms with van der Waals surface area (Å²) in [6.45, 7) is 4.15. The van der Waals surface area contributed by atoms with Gasteiger partial charge in [0.15, 0.2) is 11.8 Å². The van der Waals surface area contributed by atoms with E-state index in [1.165, 1.54) is 0 Å². The van der Waals surface area contributed by atoms with E-state index in [0.717, 1.165) is 5.56 Å². The predicted octanol–water partition coefficient (Wildman–Crippen LogP) is 3.83. The predicted molar refractivity (Wildman–Crippen MR) is 130 cm³/mol. The van der Waals surface area contributed by atoms with Crippen molar-refractivity contribution in [3.63, 3.8) is 0 Å². The Balaban J connectivity index is 1.68. The van der Waals surface area contributed by atoms with Crippen LogP contribution in [-0.4, -0.2) is 46.3 Å². The van der Waals surface area contributed by atoms with Crippen LogP contribution in [0.4, 0.5) is 5.69 Å². The molecule has 2 aromatic heterocycles. The lowest BCUT2D eigenvalue weighted by atomic mass is 10.0. The maximum Gasteiger partial charge on any atom is 0.262 e. The van der Waals surface area contributed by atoms with Gasteiger partial charge in [-0.3, -0.25) is 9.59 Å². The zero-order valence-corrected chi connectivity index (χ0v) is 19.2. The summed E-state index contributed by atoms with van der Waals surface area (Å²) >= 11 is 0. The van der Waals surface area contributed by atoms with Crippen molar-refractivity contribution in [2.24, 2.45) is 0 Å². The Bertz CT molecular complexity index is 1380. The highest BCUT2D eigenvalue weighted by atomic mass is 16.5. The number of pyridine rings is 1. The quantitative estimate of drug-likeness (QED) is 0.505. The van der Waals surface area contributed by atoms with Gasteiger partial charge in [0.25, 0.3) is 11.8 Å². The number of nitrogens with zero attached hydrogens (tertiary/aromatic N) is 4. The van der Waals surface area contributed by atoms with Crippen molar-refractivity contribution >= 4 is 28.5 Å². The van der Waals surface area contributed by atoms with Crippen molar-refractivity contribution in [1.82, 2.24) is 20.1 Å². The number of para-hydroxylation sites is 2. The first-order valence-electron chi connectivity index (χ1n) is 11.2. The molecule has 8 nitrogen and oxygen atoms in total. The highest BCUT2D eigenvalue weighted by molar-refractivity contribution is 6.15. The Labute approximate surface area is 197 Å². The minimum Gasteiger partial charge on any atom is -0.477 e. The Kier molecular flexibility index (Phi) is 5.49. The number of fused-ring (bicyclic) bond motifs is 2. The standard InChI is InChI=1S/C26H25N5O3/c1-16(2)31-24-19(14-28-31)18(13-20(29-24)17-9-5-4-6-10-17)26(33)30-15-23(25(32)27-3)34-22-12-8-7-11-21(22)30/h4-14,16,23H,15H2,1-3H3,(H,27,32).